The van der Waals surface area contributed by atoms with Crippen LogP contribution >= 0.6 is 22.7 Å². The monoisotopic (exact) mass is 660 g/mol. The van der Waals surface area contributed by atoms with Gasteiger partial charge in [-0.2, -0.15) is 0 Å². The first-order valence-electron chi connectivity index (χ1n) is 12.1. The van der Waals surface area contributed by atoms with Gasteiger partial charge in [0, 0.05) is 25.0 Å². The molecule has 21 nitrogen and oxygen atoms in total. The lowest BCUT2D eigenvalue weighted by atomic mass is 10.1. The number of rotatable bonds is 14. The van der Waals surface area contributed by atoms with Crippen LogP contribution in [0.4, 0.5) is 33.0 Å². The number of hydrogen-bond donors (Lipinski definition) is 2. The molecule has 0 aliphatic heterocycles. The largest absolute Gasteiger partial charge is 0.381 e. The highest BCUT2D eigenvalue weighted by Gasteiger charge is 2.26. The zero-order valence-electron chi connectivity index (χ0n) is 22.2. The second kappa shape index (κ2) is 14.0. The van der Waals surface area contributed by atoms with Crippen LogP contribution in [0.5, 0.6) is 0 Å². The Morgan fingerprint density at radius 2 is 1.04 bits per heavy atom. The van der Waals surface area contributed by atoms with Gasteiger partial charge in [0.05, 0.1) is 45.0 Å². The van der Waals surface area contributed by atoms with E-state index in [9.17, 15) is 50.0 Å². The van der Waals surface area contributed by atoms with Crippen molar-refractivity contribution in [2.24, 2.45) is 0 Å². The number of nitrogens with one attached hydrogen (secondary N) is 2. The van der Waals surface area contributed by atoms with Gasteiger partial charge in [-0.3, -0.25) is 60.7 Å². The number of carbonyl (C=O) groups excluding carboxylic acids is 2. The number of nitrogens with zero attached hydrogens (tertiary/aromatic N) is 8. The fourth-order valence-electron chi connectivity index (χ4n) is 3.51. The lowest BCUT2D eigenvalue weighted by Crippen LogP contribution is -2.14. The summed E-state index contributed by atoms with van der Waals surface area (Å²) < 4.78 is 5.55. The maximum atomic E-state index is 12.5. The third kappa shape index (κ3) is 8.12. The van der Waals surface area contributed by atoms with E-state index >= 15 is 0 Å². The zero-order valence-corrected chi connectivity index (χ0v) is 23.8. The van der Waals surface area contributed by atoms with Crippen LogP contribution in [0, 0.1) is 40.5 Å². The average molecular weight is 661 g/mol. The number of ether oxygens (including phenoxy) is 1. The van der Waals surface area contributed by atoms with Gasteiger partial charge in [-0.1, -0.05) is 22.7 Å². The zero-order chi connectivity index (χ0) is 32.7. The first-order chi connectivity index (χ1) is 21.4. The molecule has 0 fully saturated rings. The summed E-state index contributed by atoms with van der Waals surface area (Å²) in [7, 11) is 0. The van der Waals surface area contributed by atoms with Gasteiger partial charge in [0.2, 0.25) is 10.3 Å². The van der Waals surface area contributed by atoms with Gasteiger partial charge in [-0.25, -0.2) is 0 Å². The molecule has 2 amide bonds. The minimum atomic E-state index is -0.903. The molecular weight excluding hydrogens is 644 g/mol. The van der Waals surface area contributed by atoms with Crippen LogP contribution < -0.4 is 10.6 Å². The molecule has 0 atom stereocenters. The summed E-state index contributed by atoms with van der Waals surface area (Å²) in [6.07, 6.45) is 0.604. The SMILES string of the molecule is O=C(Nc1nnc(CCOCCc2nnc(NC(=O)c3ccc([N+](=O)[O-])cc3[N+](=O)[O-])s2)s1)c1ccc([N+](=O)[O-])cc1[N+](=O)[O-]. The molecule has 0 saturated carbocycles. The second-order valence-electron chi connectivity index (χ2n) is 8.45. The van der Waals surface area contributed by atoms with Crippen LogP contribution in [0.2, 0.25) is 0 Å². The van der Waals surface area contributed by atoms with Crippen molar-refractivity contribution in [3.8, 4) is 0 Å². The Bertz CT molecular complexity index is 1700. The van der Waals surface area contributed by atoms with E-state index < -0.39 is 65.4 Å². The fraction of sp³-hybridized carbons (Fsp3) is 0.182. The first kappa shape index (κ1) is 32.0. The van der Waals surface area contributed by atoms with Crippen LogP contribution in [0.3, 0.4) is 0 Å². The second-order valence-corrected chi connectivity index (χ2v) is 10.6. The number of nitro groups is 4. The van der Waals surface area contributed by atoms with Crippen molar-refractivity contribution in [2.45, 2.75) is 12.8 Å². The number of aromatic nitrogens is 4. The highest BCUT2D eigenvalue weighted by molar-refractivity contribution is 7.15. The number of amides is 2. The summed E-state index contributed by atoms with van der Waals surface area (Å²) in [5.41, 5.74) is -3.34. The van der Waals surface area contributed by atoms with Gasteiger partial charge >= 0.3 is 0 Å². The molecule has 2 N–H and O–H groups in total. The number of anilines is 2. The molecule has 4 aromatic rings. The highest BCUT2D eigenvalue weighted by Crippen LogP contribution is 2.27. The summed E-state index contributed by atoms with van der Waals surface area (Å²) in [6.45, 7) is 0.394. The normalized spacial score (nSPS) is 10.7. The quantitative estimate of drug-likeness (QED) is 0.111. The van der Waals surface area contributed by atoms with Crippen LogP contribution in [0.15, 0.2) is 36.4 Å². The number of benzene rings is 2. The molecule has 2 heterocycles. The summed E-state index contributed by atoms with van der Waals surface area (Å²) >= 11 is 1.99. The number of carbonyl (C=O) groups is 2. The number of nitro benzene ring substituents is 4. The van der Waals surface area contributed by atoms with Gasteiger partial charge in [-0.05, 0) is 12.1 Å². The van der Waals surface area contributed by atoms with Gasteiger partial charge in [0.25, 0.3) is 34.6 Å². The van der Waals surface area contributed by atoms with E-state index in [0.29, 0.717) is 35.0 Å². The van der Waals surface area contributed by atoms with E-state index in [1.807, 2.05) is 0 Å². The van der Waals surface area contributed by atoms with Gasteiger partial charge in [-0.15, -0.1) is 20.4 Å². The first-order valence-corrected chi connectivity index (χ1v) is 13.8. The molecule has 4 rings (SSSR count). The van der Waals surface area contributed by atoms with Crippen molar-refractivity contribution in [3.05, 3.63) is 98.0 Å². The lowest BCUT2D eigenvalue weighted by molar-refractivity contribution is -0.394. The molecule has 232 valence electrons. The van der Waals surface area contributed by atoms with E-state index in [1.165, 1.54) is 0 Å². The van der Waals surface area contributed by atoms with Gasteiger partial charge in [0.1, 0.15) is 21.1 Å². The molecule has 45 heavy (non-hydrogen) atoms. The average Bonchev–Trinajstić information content (AvgIpc) is 3.65. The molecular formula is C22H16N10O11S2. The molecule has 0 saturated heterocycles. The smallest absolute Gasteiger partial charge is 0.289 e. The molecule has 0 bridgehead atoms. The molecule has 2 aromatic carbocycles. The minimum Gasteiger partial charge on any atom is -0.381 e. The predicted octanol–water partition coefficient (Wildman–Crippen LogP) is 3.33. The predicted molar refractivity (Wildman–Crippen MR) is 153 cm³/mol. The van der Waals surface area contributed by atoms with Crippen molar-refractivity contribution in [1.82, 2.24) is 20.4 Å². The third-order valence-corrected chi connectivity index (χ3v) is 7.36. The summed E-state index contributed by atoms with van der Waals surface area (Å²) in [5, 5.41) is 65.6. The van der Waals surface area contributed by atoms with Crippen LogP contribution in [0.25, 0.3) is 0 Å². The Hall–Kier alpha value is -5.94. The minimum absolute atomic E-state index is 0.0464. The molecule has 2 aromatic heterocycles. The Morgan fingerprint density at radius 1 is 0.644 bits per heavy atom. The van der Waals surface area contributed by atoms with Crippen LogP contribution in [0.1, 0.15) is 30.7 Å². The topological polar surface area (TPSA) is 292 Å². The molecule has 0 aliphatic rings. The van der Waals surface area contributed by atoms with Crippen molar-refractivity contribution >= 4 is 67.5 Å². The Balaban J connectivity index is 1.23. The van der Waals surface area contributed by atoms with Crippen molar-refractivity contribution < 1.29 is 34.0 Å². The molecule has 0 spiro atoms. The molecule has 0 aliphatic carbocycles. The molecule has 23 heteroatoms. The Labute approximate surface area is 256 Å². The van der Waals surface area contributed by atoms with Crippen LogP contribution in [-0.2, 0) is 17.6 Å². The maximum absolute atomic E-state index is 12.5. The summed E-state index contributed by atoms with van der Waals surface area (Å²) in [6, 6.07) is 5.26. The third-order valence-electron chi connectivity index (χ3n) is 5.56. The molecule has 0 radical (unpaired) electrons. The van der Waals surface area contributed by atoms with E-state index in [-0.39, 0.29) is 23.5 Å². The van der Waals surface area contributed by atoms with E-state index in [1.54, 1.807) is 0 Å². The van der Waals surface area contributed by atoms with Gasteiger partial charge in [0.15, 0.2) is 0 Å². The van der Waals surface area contributed by atoms with Crippen molar-refractivity contribution in [3.63, 3.8) is 0 Å². The molecule has 0 unspecified atom stereocenters. The van der Waals surface area contributed by atoms with Crippen molar-refractivity contribution in [2.75, 3.05) is 23.8 Å². The highest BCUT2D eigenvalue weighted by atomic mass is 32.1. The van der Waals surface area contributed by atoms with Crippen LogP contribution in [-0.4, -0.2) is 65.1 Å². The van der Waals surface area contributed by atoms with E-state index in [4.69, 9.17) is 4.74 Å². The number of hydrogen-bond acceptors (Lipinski definition) is 17. The van der Waals surface area contributed by atoms with E-state index in [0.717, 1.165) is 46.9 Å². The lowest BCUT2D eigenvalue weighted by Gasteiger charge is -2.03. The number of non-ortho nitro benzene ring substituents is 2. The summed E-state index contributed by atoms with van der Waals surface area (Å²) in [4.78, 5) is 65.9. The Morgan fingerprint density at radius 3 is 1.40 bits per heavy atom. The van der Waals surface area contributed by atoms with E-state index in [2.05, 4.69) is 31.0 Å². The Kier molecular flexibility index (Phi) is 9.97. The van der Waals surface area contributed by atoms with Crippen molar-refractivity contribution in [1.29, 1.82) is 0 Å². The standard InChI is InChI=1S/C22H16N10O11S2/c33-19(13-3-1-11(29(35)36)9-15(13)31(39)40)23-21-27-25-17(44-21)5-7-43-8-6-18-26-28-22(45-18)24-20(34)14-4-2-12(30(37)38)10-16(14)32(41)42/h1-4,9-10H,5-8H2,(H,23,27,33)(H,24,28,34). The summed E-state index contributed by atoms with van der Waals surface area (Å²) in [5.74, 6) is -1.79. The fourth-order valence-corrected chi connectivity index (χ4v) is 4.94. The maximum Gasteiger partial charge on any atom is 0.289 e. The van der Waals surface area contributed by atoms with Gasteiger partial charge < -0.3 is 4.74 Å².